The van der Waals surface area contributed by atoms with E-state index in [1.807, 2.05) is 43.5 Å². The molecular formula is C23H19BrN2O3S. The van der Waals surface area contributed by atoms with Crippen LogP contribution in [0.15, 0.2) is 69.5 Å². The number of carbonyl (C=O) groups excluding carboxylic acids is 1. The lowest BCUT2D eigenvalue weighted by atomic mass is 10.1. The summed E-state index contributed by atoms with van der Waals surface area (Å²) in [4.78, 5) is 30.9. The SMILES string of the molecule is CC(C)Oc1ccc(C(=O)Cn2cnc3scc(-c4ccc(Br)cc4)c3c2=O)cc1. The predicted octanol–water partition coefficient (Wildman–Crippen LogP) is 5.56. The van der Waals surface area contributed by atoms with Gasteiger partial charge in [0.25, 0.3) is 5.56 Å². The van der Waals surface area contributed by atoms with Crippen LogP contribution in [0.1, 0.15) is 24.2 Å². The molecule has 4 aromatic rings. The van der Waals surface area contributed by atoms with Crippen molar-refractivity contribution in [1.29, 1.82) is 0 Å². The van der Waals surface area contributed by atoms with Crippen molar-refractivity contribution in [3.05, 3.63) is 80.6 Å². The fourth-order valence-electron chi connectivity index (χ4n) is 3.16. The van der Waals surface area contributed by atoms with Gasteiger partial charge in [-0.2, -0.15) is 0 Å². The van der Waals surface area contributed by atoms with E-state index >= 15 is 0 Å². The van der Waals surface area contributed by atoms with Gasteiger partial charge in [0.05, 0.1) is 24.4 Å². The molecular weight excluding hydrogens is 464 g/mol. The highest BCUT2D eigenvalue weighted by atomic mass is 79.9. The van der Waals surface area contributed by atoms with Crippen LogP contribution in [0.2, 0.25) is 0 Å². The molecule has 152 valence electrons. The van der Waals surface area contributed by atoms with Crippen LogP contribution in [0.4, 0.5) is 0 Å². The Morgan fingerprint density at radius 1 is 1.13 bits per heavy atom. The Kier molecular flexibility index (Phi) is 5.83. The van der Waals surface area contributed by atoms with Crippen LogP contribution >= 0.6 is 27.3 Å². The number of hydrogen-bond donors (Lipinski definition) is 0. The summed E-state index contributed by atoms with van der Waals surface area (Å²) in [6.07, 6.45) is 1.51. The first-order valence-electron chi connectivity index (χ1n) is 9.45. The minimum absolute atomic E-state index is 0.0634. The average Bonchev–Trinajstić information content (AvgIpc) is 3.15. The minimum Gasteiger partial charge on any atom is -0.491 e. The summed E-state index contributed by atoms with van der Waals surface area (Å²) in [5.74, 6) is 0.550. The zero-order valence-corrected chi connectivity index (χ0v) is 18.9. The van der Waals surface area contributed by atoms with Gasteiger partial charge in [-0.3, -0.25) is 14.2 Å². The summed E-state index contributed by atoms with van der Waals surface area (Å²) in [6.45, 7) is 3.82. The van der Waals surface area contributed by atoms with Crippen molar-refractivity contribution in [1.82, 2.24) is 9.55 Å². The average molecular weight is 483 g/mol. The number of aromatic nitrogens is 2. The third-order valence-corrected chi connectivity index (χ3v) is 5.99. The Hall–Kier alpha value is -2.77. The number of Topliss-reactive ketones (excluding diaryl/α,β-unsaturated/α-hetero) is 1. The Bertz CT molecular complexity index is 1260. The van der Waals surface area contributed by atoms with Crippen LogP contribution in [0.3, 0.4) is 0 Å². The number of benzene rings is 2. The van der Waals surface area contributed by atoms with E-state index in [9.17, 15) is 9.59 Å². The van der Waals surface area contributed by atoms with Gasteiger partial charge in [0.15, 0.2) is 5.78 Å². The molecule has 0 saturated heterocycles. The number of ketones is 1. The molecule has 0 aliphatic carbocycles. The maximum absolute atomic E-state index is 13.1. The standard InChI is InChI=1S/C23H19BrN2O3S/c1-14(2)29-18-9-5-16(6-10-18)20(27)11-26-13-25-22-21(23(26)28)19(12-30-22)15-3-7-17(24)8-4-15/h3-10,12-14H,11H2,1-2H3. The normalized spacial score (nSPS) is 11.2. The number of ether oxygens (including phenoxy) is 1. The van der Waals surface area contributed by atoms with Gasteiger partial charge in [0.1, 0.15) is 10.6 Å². The van der Waals surface area contributed by atoms with Gasteiger partial charge < -0.3 is 4.74 Å². The van der Waals surface area contributed by atoms with E-state index < -0.39 is 0 Å². The number of fused-ring (bicyclic) bond motifs is 1. The molecule has 0 spiro atoms. The summed E-state index contributed by atoms with van der Waals surface area (Å²) in [6, 6.07) is 14.7. The van der Waals surface area contributed by atoms with E-state index in [1.165, 1.54) is 22.2 Å². The second-order valence-electron chi connectivity index (χ2n) is 7.13. The lowest BCUT2D eigenvalue weighted by Gasteiger charge is -2.10. The second-order valence-corrected chi connectivity index (χ2v) is 8.90. The molecule has 2 heterocycles. The third-order valence-electron chi connectivity index (χ3n) is 4.58. The largest absolute Gasteiger partial charge is 0.491 e. The smallest absolute Gasteiger partial charge is 0.263 e. The van der Waals surface area contributed by atoms with Crippen LogP contribution in [-0.4, -0.2) is 21.4 Å². The number of rotatable bonds is 6. The van der Waals surface area contributed by atoms with Crippen molar-refractivity contribution >= 4 is 43.3 Å². The van der Waals surface area contributed by atoms with E-state index in [0.29, 0.717) is 21.5 Å². The van der Waals surface area contributed by atoms with Gasteiger partial charge >= 0.3 is 0 Å². The Morgan fingerprint density at radius 3 is 2.50 bits per heavy atom. The van der Waals surface area contributed by atoms with E-state index in [0.717, 1.165) is 15.6 Å². The molecule has 0 aliphatic rings. The summed E-state index contributed by atoms with van der Waals surface area (Å²) in [5.41, 5.74) is 2.08. The van der Waals surface area contributed by atoms with Gasteiger partial charge in [-0.1, -0.05) is 28.1 Å². The van der Waals surface area contributed by atoms with Crippen LogP contribution < -0.4 is 10.3 Å². The van der Waals surface area contributed by atoms with Crippen molar-refractivity contribution in [3.63, 3.8) is 0 Å². The van der Waals surface area contributed by atoms with Gasteiger partial charge in [0, 0.05) is 21.0 Å². The van der Waals surface area contributed by atoms with E-state index in [1.54, 1.807) is 24.3 Å². The van der Waals surface area contributed by atoms with E-state index in [2.05, 4.69) is 20.9 Å². The maximum Gasteiger partial charge on any atom is 0.263 e. The first kappa shape index (κ1) is 20.5. The molecule has 0 fully saturated rings. The summed E-state index contributed by atoms with van der Waals surface area (Å²) in [7, 11) is 0. The molecule has 0 unspecified atom stereocenters. The molecule has 30 heavy (non-hydrogen) atoms. The van der Waals surface area contributed by atoms with Crippen LogP contribution in [0.25, 0.3) is 21.3 Å². The quantitative estimate of drug-likeness (QED) is 0.337. The van der Waals surface area contributed by atoms with Crippen LogP contribution in [0, 0.1) is 0 Å². The molecule has 0 N–H and O–H groups in total. The fraction of sp³-hybridized carbons (Fsp3) is 0.174. The Balaban J connectivity index is 1.64. The van der Waals surface area contributed by atoms with Crippen molar-refractivity contribution in [2.24, 2.45) is 0 Å². The highest BCUT2D eigenvalue weighted by molar-refractivity contribution is 9.10. The van der Waals surface area contributed by atoms with Gasteiger partial charge in [-0.15, -0.1) is 11.3 Å². The van der Waals surface area contributed by atoms with Crippen LogP contribution in [-0.2, 0) is 6.54 Å². The van der Waals surface area contributed by atoms with Crippen molar-refractivity contribution < 1.29 is 9.53 Å². The number of nitrogens with zero attached hydrogens (tertiary/aromatic N) is 2. The topological polar surface area (TPSA) is 61.2 Å². The van der Waals surface area contributed by atoms with Crippen molar-refractivity contribution in [2.45, 2.75) is 26.5 Å². The highest BCUT2D eigenvalue weighted by Crippen LogP contribution is 2.31. The molecule has 5 nitrogen and oxygen atoms in total. The molecule has 0 amide bonds. The predicted molar refractivity (Wildman–Crippen MR) is 124 cm³/mol. The lowest BCUT2D eigenvalue weighted by Crippen LogP contribution is -2.24. The molecule has 7 heteroatoms. The molecule has 2 aromatic heterocycles. The van der Waals surface area contributed by atoms with E-state index in [4.69, 9.17) is 4.74 Å². The minimum atomic E-state index is -0.215. The molecule has 2 aromatic carbocycles. The highest BCUT2D eigenvalue weighted by Gasteiger charge is 2.15. The zero-order chi connectivity index (χ0) is 21.3. The number of thiophene rings is 1. The number of hydrogen-bond acceptors (Lipinski definition) is 5. The van der Waals surface area contributed by atoms with Crippen molar-refractivity contribution in [3.8, 4) is 16.9 Å². The van der Waals surface area contributed by atoms with Crippen LogP contribution in [0.5, 0.6) is 5.75 Å². The van der Waals surface area contributed by atoms with Gasteiger partial charge in [-0.05, 0) is 55.8 Å². The Morgan fingerprint density at radius 2 is 1.83 bits per heavy atom. The van der Waals surface area contributed by atoms with E-state index in [-0.39, 0.29) is 24.0 Å². The maximum atomic E-state index is 13.1. The molecule has 0 saturated carbocycles. The summed E-state index contributed by atoms with van der Waals surface area (Å²) < 4.78 is 7.95. The first-order valence-corrected chi connectivity index (χ1v) is 11.1. The Labute approximate surface area is 186 Å². The number of halogens is 1. The summed E-state index contributed by atoms with van der Waals surface area (Å²) >= 11 is 4.85. The fourth-order valence-corrected chi connectivity index (χ4v) is 4.33. The molecule has 4 rings (SSSR count). The monoisotopic (exact) mass is 482 g/mol. The second kappa shape index (κ2) is 8.53. The zero-order valence-electron chi connectivity index (χ0n) is 16.5. The van der Waals surface area contributed by atoms with Gasteiger partial charge in [0.2, 0.25) is 0 Å². The molecule has 0 atom stereocenters. The molecule has 0 aliphatic heterocycles. The molecule has 0 bridgehead atoms. The first-order chi connectivity index (χ1) is 14.4. The third kappa shape index (κ3) is 4.22. The summed E-state index contributed by atoms with van der Waals surface area (Å²) in [5, 5.41) is 2.47. The lowest BCUT2D eigenvalue weighted by molar-refractivity contribution is 0.0970. The van der Waals surface area contributed by atoms with Crippen molar-refractivity contribution in [2.75, 3.05) is 0 Å². The van der Waals surface area contributed by atoms with Gasteiger partial charge in [-0.25, -0.2) is 4.98 Å². The molecule has 0 radical (unpaired) electrons. The number of carbonyl (C=O) groups is 1.